The van der Waals surface area contributed by atoms with E-state index in [1.165, 1.54) is 4.90 Å². The van der Waals surface area contributed by atoms with Gasteiger partial charge in [0.25, 0.3) is 0 Å². The molecular weight excluding hydrogens is 445 g/mol. The summed E-state index contributed by atoms with van der Waals surface area (Å²) in [6.07, 6.45) is 0. The molecule has 23 heavy (non-hydrogen) atoms. The Bertz CT molecular complexity index is 637. The second-order valence-electron chi connectivity index (χ2n) is 4.43. The van der Waals surface area contributed by atoms with Crippen molar-refractivity contribution in [3.63, 3.8) is 0 Å². The van der Waals surface area contributed by atoms with E-state index < -0.39 is 0 Å². The smallest absolute Gasteiger partial charge is 0.193 e. The number of benzene rings is 2. The van der Waals surface area contributed by atoms with Crippen LogP contribution >= 0.6 is 47.3 Å². The van der Waals surface area contributed by atoms with Gasteiger partial charge in [-0.25, -0.2) is 0 Å². The Balaban J connectivity index is 0.00000264. The number of hydrogen-bond donors (Lipinski definition) is 2. The quantitative estimate of drug-likeness (QED) is 0.218. The zero-order chi connectivity index (χ0) is 15.8. The molecule has 0 atom stereocenters. The van der Waals surface area contributed by atoms with Gasteiger partial charge in [0.15, 0.2) is 5.96 Å². The molecule has 0 saturated heterocycles. The van der Waals surface area contributed by atoms with Crippen LogP contribution in [0, 0.1) is 0 Å². The highest BCUT2D eigenvalue weighted by Crippen LogP contribution is 2.20. The van der Waals surface area contributed by atoms with Gasteiger partial charge in [0.2, 0.25) is 0 Å². The molecule has 3 N–H and O–H groups in total. The molecule has 4 nitrogen and oxygen atoms in total. The molecule has 0 radical (unpaired) electrons. The van der Waals surface area contributed by atoms with E-state index >= 15 is 0 Å². The normalized spacial score (nSPS) is 10.8. The molecule has 0 aliphatic carbocycles. The second kappa shape index (κ2) is 10.6. The third-order valence-electron chi connectivity index (χ3n) is 2.80. The molecule has 7 heteroatoms. The summed E-state index contributed by atoms with van der Waals surface area (Å²) in [6.45, 7) is 0.635. The van der Waals surface area contributed by atoms with Crippen LogP contribution in [0.2, 0.25) is 5.02 Å². The van der Waals surface area contributed by atoms with Crippen LogP contribution < -0.4 is 15.8 Å². The number of hydrogen-bond acceptors (Lipinski definition) is 3. The number of guanidine groups is 1. The number of rotatable bonds is 6. The highest BCUT2D eigenvalue weighted by Gasteiger charge is 1.98. The van der Waals surface area contributed by atoms with Crippen LogP contribution in [-0.2, 0) is 0 Å². The van der Waals surface area contributed by atoms with Gasteiger partial charge < -0.3 is 15.8 Å². The molecule has 0 spiro atoms. The van der Waals surface area contributed by atoms with Gasteiger partial charge >= 0.3 is 0 Å². The van der Waals surface area contributed by atoms with E-state index in [4.69, 9.17) is 22.1 Å². The first-order valence-corrected chi connectivity index (χ1v) is 8.13. The van der Waals surface area contributed by atoms with E-state index in [0.717, 1.165) is 22.2 Å². The maximum absolute atomic E-state index is 5.87. The summed E-state index contributed by atoms with van der Waals surface area (Å²) in [6, 6.07) is 15.3. The van der Waals surface area contributed by atoms with E-state index in [0.29, 0.717) is 12.5 Å². The van der Waals surface area contributed by atoms with Gasteiger partial charge in [-0.15, -0.1) is 35.7 Å². The zero-order valence-corrected chi connectivity index (χ0v) is 16.6. The molecule has 0 saturated carbocycles. The van der Waals surface area contributed by atoms with Gasteiger partial charge in [0, 0.05) is 27.4 Å². The molecule has 2 aromatic rings. The number of thioether (sulfide) groups is 1. The highest BCUT2D eigenvalue weighted by molar-refractivity contribution is 14.0. The van der Waals surface area contributed by atoms with Crippen LogP contribution in [-0.4, -0.2) is 25.4 Å². The molecule has 0 aliphatic heterocycles. The Hall–Kier alpha value is -1.12. The third-order valence-corrected chi connectivity index (χ3v) is 4.04. The second-order valence-corrected chi connectivity index (χ2v) is 6.03. The number of ether oxygens (including phenoxy) is 1. The maximum atomic E-state index is 5.87. The Morgan fingerprint density at radius 3 is 2.70 bits per heavy atom. The van der Waals surface area contributed by atoms with Crippen LogP contribution in [0.4, 0.5) is 5.69 Å². The summed E-state index contributed by atoms with van der Waals surface area (Å²) in [5, 5.41) is 3.79. The predicted molar refractivity (Wildman–Crippen MR) is 111 cm³/mol. The minimum atomic E-state index is 0. The summed E-state index contributed by atoms with van der Waals surface area (Å²) in [5.74, 6) is 2.02. The molecule has 0 amide bonds. The van der Waals surface area contributed by atoms with E-state index in [2.05, 4.69) is 10.3 Å². The Labute approximate surface area is 162 Å². The summed E-state index contributed by atoms with van der Waals surface area (Å²) in [4.78, 5) is 5.47. The topological polar surface area (TPSA) is 59.6 Å². The number of nitrogens with two attached hydrogens (primary N) is 1. The summed E-state index contributed by atoms with van der Waals surface area (Å²) in [5.41, 5.74) is 6.72. The average Bonchev–Trinajstić information content (AvgIpc) is 2.53. The number of aliphatic imine (C=N–C) groups is 1. The molecule has 0 heterocycles. The molecule has 2 aromatic carbocycles. The van der Waals surface area contributed by atoms with Crippen molar-refractivity contribution in [1.82, 2.24) is 0 Å². The molecule has 0 unspecified atom stereocenters. The largest absolute Gasteiger partial charge is 0.497 e. The molecule has 0 aliphatic rings. The summed E-state index contributed by atoms with van der Waals surface area (Å²) >= 11 is 7.56. The van der Waals surface area contributed by atoms with Crippen LogP contribution in [0.15, 0.2) is 58.4 Å². The van der Waals surface area contributed by atoms with Crippen molar-refractivity contribution < 1.29 is 4.74 Å². The van der Waals surface area contributed by atoms with Crippen molar-refractivity contribution in [1.29, 1.82) is 0 Å². The van der Waals surface area contributed by atoms with Crippen LogP contribution in [0.3, 0.4) is 0 Å². The van der Waals surface area contributed by atoms with Gasteiger partial charge in [-0.3, -0.25) is 4.99 Å². The van der Waals surface area contributed by atoms with Crippen molar-refractivity contribution >= 4 is 59.0 Å². The monoisotopic (exact) mass is 463 g/mol. The first kappa shape index (κ1) is 19.9. The molecule has 2 rings (SSSR count). The fourth-order valence-electron chi connectivity index (χ4n) is 1.75. The minimum absolute atomic E-state index is 0. The maximum Gasteiger partial charge on any atom is 0.193 e. The van der Waals surface area contributed by atoms with Gasteiger partial charge in [-0.1, -0.05) is 17.7 Å². The van der Waals surface area contributed by atoms with Gasteiger partial charge in [0.1, 0.15) is 5.75 Å². The molecular formula is C16H19ClIN3OS. The Morgan fingerprint density at radius 1 is 1.26 bits per heavy atom. The lowest BCUT2D eigenvalue weighted by atomic mass is 10.3. The number of halogens is 2. The van der Waals surface area contributed by atoms with Crippen molar-refractivity contribution in [3.8, 4) is 5.75 Å². The number of nitrogens with zero attached hydrogens (tertiary/aromatic N) is 1. The number of methoxy groups -OCH3 is 1. The van der Waals surface area contributed by atoms with Crippen molar-refractivity contribution in [2.24, 2.45) is 10.7 Å². The molecule has 0 aromatic heterocycles. The third kappa shape index (κ3) is 7.32. The van der Waals surface area contributed by atoms with Crippen LogP contribution in [0.1, 0.15) is 0 Å². The van der Waals surface area contributed by atoms with Crippen LogP contribution in [0.25, 0.3) is 0 Å². The fourth-order valence-corrected chi connectivity index (χ4v) is 2.62. The van der Waals surface area contributed by atoms with Gasteiger partial charge in [0.05, 0.1) is 13.7 Å². The molecule has 0 fully saturated rings. The molecule has 0 bridgehead atoms. The average molecular weight is 464 g/mol. The van der Waals surface area contributed by atoms with E-state index in [9.17, 15) is 0 Å². The van der Waals surface area contributed by atoms with Crippen molar-refractivity contribution in [3.05, 3.63) is 53.6 Å². The Kier molecular flexibility index (Phi) is 9.20. The van der Waals surface area contributed by atoms with Gasteiger partial charge in [-0.2, -0.15) is 0 Å². The summed E-state index contributed by atoms with van der Waals surface area (Å²) < 4.78 is 5.16. The fraction of sp³-hybridized carbons (Fsp3) is 0.188. The van der Waals surface area contributed by atoms with Crippen LogP contribution in [0.5, 0.6) is 5.75 Å². The lowest BCUT2D eigenvalue weighted by Gasteiger charge is -2.07. The van der Waals surface area contributed by atoms with Gasteiger partial charge in [-0.05, 0) is 36.4 Å². The van der Waals surface area contributed by atoms with Crippen molar-refractivity contribution in [2.45, 2.75) is 4.90 Å². The lowest BCUT2D eigenvalue weighted by Crippen LogP contribution is -2.23. The predicted octanol–water partition coefficient (Wildman–Crippen LogP) is 4.49. The van der Waals surface area contributed by atoms with Crippen molar-refractivity contribution in [2.75, 3.05) is 24.7 Å². The molecule has 124 valence electrons. The number of nitrogens with one attached hydrogen (secondary N) is 1. The lowest BCUT2D eigenvalue weighted by molar-refractivity contribution is 0.415. The first-order valence-electron chi connectivity index (χ1n) is 6.77. The standard InChI is InChI=1S/C16H18ClN3OS.HI/c1-21-14-4-2-3-13(11-14)20-16(18)19-9-10-22-15-7-5-12(17)6-8-15;/h2-8,11H,9-10H2,1H3,(H3,18,19,20);1H. The minimum Gasteiger partial charge on any atom is -0.497 e. The number of anilines is 1. The Morgan fingerprint density at radius 2 is 2.00 bits per heavy atom. The SMILES string of the molecule is COc1cccc(NC(N)=NCCSc2ccc(Cl)cc2)c1.I. The van der Waals surface area contributed by atoms with E-state index in [1.807, 2.05) is 48.5 Å². The van der Waals surface area contributed by atoms with E-state index in [1.54, 1.807) is 18.9 Å². The zero-order valence-electron chi connectivity index (χ0n) is 12.7. The van der Waals surface area contributed by atoms with E-state index in [-0.39, 0.29) is 24.0 Å². The highest BCUT2D eigenvalue weighted by atomic mass is 127. The first-order chi connectivity index (χ1) is 10.7. The summed E-state index contributed by atoms with van der Waals surface area (Å²) in [7, 11) is 1.63.